The van der Waals surface area contributed by atoms with Crippen molar-refractivity contribution < 1.29 is 5.11 Å². The average molecular weight is 178 g/mol. The lowest BCUT2D eigenvalue weighted by Gasteiger charge is -2.27. The molecular weight excluding hydrogens is 164 g/mol. The molecule has 0 radical (unpaired) electrons. The minimum absolute atomic E-state index is 0.120. The van der Waals surface area contributed by atoms with E-state index in [9.17, 15) is 5.11 Å². The minimum atomic E-state index is -0.705. The van der Waals surface area contributed by atoms with E-state index in [1.807, 2.05) is 19.1 Å². The van der Waals surface area contributed by atoms with Crippen LogP contribution in [0.25, 0.3) is 0 Å². The lowest BCUT2D eigenvalue weighted by Crippen LogP contribution is -2.37. The first kappa shape index (κ1) is 8.66. The molecule has 1 aromatic heterocycles. The quantitative estimate of drug-likeness (QED) is 0.663. The van der Waals surface area contributed by atoms with E-state index in [0.717, 1.165) is 18.5 Å². The predicted octanol–water partition coefficient (Wildman–Crippen LogP) is 0.651. The molecule has 13 heavy (non-hydrogen) atoms. The van der Waals surface area contributed by atoms with Crippen LogP contribution in [0.15, 0.2) is 24.5 Å². The van der Waals surface area contributed by atoms with Gasteiger partial charge in [0.15, 0.2) is 0 Å². The molecule has 1 saturated heterocycles. The number of nitrogens with one attached hydrogen (secondary N) is 1. The SMILES string of the molecule is CC1NCCC1(O)c1ccncc1. The Bertz CT molecular complexity index is 288. The van der Waals surface area contributed by atoms with Gasteiger partial charge in [-0.15, -0.1) is 0 Å². The first-order chi connectivity index (χ1) is 6.23. The molecule has 0 bridgehead atoms. The van der Waals surface area contributed by atoms with E-state index in [-0.39, 0.29) is 6.04 Å². The fourth-order valence-corrected chi connectivity index (χ4v) is 1.90. The van der Waals surface area contributed by atoms with E-state index in [2.05, 4.69) is 10.3 Å². The Morgan fingerprint density at radius 3 is 2.77 bits per heavy atom. The molecule has 1 aliphatic heterocycles. The van der Waals surface area contributed by atoms with Crippen molar-refractivity contribution in [2.45, 2.75) is 25.0 Å². The third kappa shape index (κ3) is 1.34. The summed E-state index contributed by atoms with van der Waals surface area (Å²) < 4.78 is 0. The highest BCUT2D eigenvalue weighted by Gasteiger charge is 2.39. The van der Waals surface area contributed by atoms with Gasteiger partial charge in [0.1, 0.15) is 5.60 Å². The van der Waals surface area contributed by atoms with Crippen molar-refractivity contribution in [1.82, 2.24) is 10.3 Å². The van der Waals surface area contributed by atoms with Crippen molar-refractivity contribution in [3.05, 3.63) is 30.1 Å². The van der Waals surface area contributed by atoms with Gasteiger partial charge in [-0.05, 0) is 37.6 Å². The Morgan fingerprint density at radius 2 is 2.23 bits per heavy atom. The molecule has 0 spiro atoms. The Labute approximate surface area is 77.8 Å². The largest absolute Gasteiger partial charge is 0.383 e. The minimum Gasteiger partial charge on any atom is -0.383 e. The maximum atomic E-state index is 10.3. The lowest BCUT2D eigenvalue weighted by atomic mass is 9.88. The van der Waals surface area contributed by atoms with Crippen molar-refractivity contribution in [1.29, 1.82) is 0 Å². The van der Waals surface area contributed by atoms with Crippen LogP contribution in [0.3, 0.4) is 0 Å². The normalized spacial score (nSPS) is 33.5. The highest BCUT2D eigenvalue weighted by atomic mass is 16.3. The van der Waals surface area contributed by atoms with Gasteiger partial charge in [-0.2, -0.15) is 0 Å². The summed E-state index contributed by atoms with van der Waals surface area (Å²) >= 11 is 0. The zero-order valence-electron chi connectivity index (χ0n) is 7.70. The number of rotatable bonds is 1. The summed E-state index contributed by atoms with van der Waals surface area (Å²) in [5, 5.41) is 13.6. The maximum Gasteiger partial charge on any atom is 0.106 e. The number of pyridine rings is 1. The molecule has 2 atom stereocenters. The number of nitrogens with zero attached hydrogens (tertiary/aromatic N) is 1. The first-order valence-electron chi connectivity index (χ1n) is 4.60. The van der Waals surface area contributed by atoms with Crippen molar-refractivity contribution >= 4 is 0 Å². The lowest BCUT2D eigenvalue weighted by molar-refractivity contribution is 0.0292. The van der Waals surface area contributed by atoms with Gasteiger partial charge in [0.2, 0.25) is 0 Å². The monoisotopic (exact) mass is 178 g/mol. The van der Waals surface area contributed by atoms with E-state index in [0.29, 0.717) is 0 Å². The molecule has 2 rings (SSSR count). The van der Waals surface area contributed by atoms with E-state index >= 15 is 0 Å². The zero-order chi connectivity index (χ0) is 9.31. The molecular formula is C10H14N2O. The zero-order valence-corrected chi connectivity index (χ0v) is 7.70. The fraction of sp³-hybridized carbons (Fsp3) is 0.500. The van der Waals surface area contributed by atoms with Crippen molar-refractivity contribution in [3.8, 4) is 0 Å². The number of hydrogen-bond acceptors (Lipinski definition) is 3. The molecule has 1 aromatic rings. The summed E-state index contributed by atoms with van der Waals surface area (Å²) in [5.74, 6) is 0. The van der Waals surface area contributed by atoms with Gasteiger partial charge >= 0.3 is 0 Å². The Kier molecular flexibility index (Phi) is 2.06. The van der Waals surface area contributed by atoms with Gasteiger partial charge < -0.3 is 10.4 Å². The smallest absolute Gasteiger partial charge is 0.106 e. The van der Waals surface area contributed by atoms with Crippen LogP contribution in [0.4, 0.5) is 0 Å². The van der Waals surface area contributed by atoms with E-state index in [4.69, 9.17) is 0 Å². The Balaban J connectivity index is 2.34. The molecule has 0 saturated carbocycles. The number of aliphatic hydroxyl groups is 1. The molecule has 0 aromatic carbocycles. The molecule has 2 heterocycles. The summed E-state index contributed by atoms with van der Waals surface area (Å²) in [5.41, 5.74) is 0.253. The Morgan fingerprint density at radius 1 is 1.54 bits per heavy atom. The molecule has 2 N–H and O–H groups in total. The van der Waals surface area contributed by atoms with Gasteiger partial charge in [-0.1, -0.05) is 0 Å². The molecule has 3 nitrogen and oxygen atoms in total. The van der Waals surface area contributed by atoms with Crippen LogP contribution in [0.2, 0.25) is 0 Å². The number of hydrogen-bond donors (Lipinski definition) is 2. The molecule has 0 amide bonds. The highest BCUT2D eigenvalue weighted by molar-refractivity contribution is 5.23. The van der Waals surface area contributed by atoms with Gasteiger partial charge in [-0.25, -0.2) is 0 Å². The maximum absolute atomic E-state index is 10.3. The predicted molar refractivity (Wildman–Crippen MR) is 50.2 cm³/mol. The molecule has 3 heteroatoms. The standard InChI is InChI=1S/C10H14N2O/c1-8-10(13,4-7-12-8)9-2-5-11-6-3-9/h2-3,5-6,8,12-13H,4,7H2,1H3. The summed E-state index contributed by atoms with van der Waals surface area (Å²) in [7, 11) is 0. The third-order valence-electron chi connectivity index (χ3n) is 2.85. The molecule has 0 aliphatic carbocycles. The van der Waals surface area contributed by atoms with Crippen LogP contribution >= 0.6 is 0 Å². The van der Waals surface area contributed by atoms with Crippen molar-refractivity contribution in [3.63, 3.8) is 0 Å². The summed E-state index contributed by atoms with van der Waals surface area (Å²) in [4.78, 5) is 3.94. The summed E-state index contributed by atoms with van der Waals surface area (Å²) in [6.45, 7) is 2.88. The van der Waals surface area contributed by atoms with Gasteiger partial charge in [0.05, 0.1) is 0 Å². The van der Waals surface area contributed by atoms with Gasteiger partial charge in [0.25, 0.3) is 0 Å². The van der Waals surface area contributed by atoms with Crippen LogP contribution in [-0.4, -0.2) is 22.7 Å². The van der Waals surface area contributed by atoms with E-state index < -0.39 is 5.60 Å². The van der Waals surface area contributed by atoms with Crippen molar-refractivity contribution in [2.75, 3.05) is 6.54 Å². The highest BCUT2D eigenvalue weighted by Crippen LogP contribution is 2.31. The molecule has 70 valence electrons. The van der Waals surface area contributed by atoms with Crippen LogP contribution in [-0.2, 0) is 5.60 Å². The third-order valence-corrected chi connectivity index (χ3v) is 2.85. The van der Waals surface area contributed by atoms with Crippen LogP contribution in [0.1, 0.15) is 18.9 Å². The second-order valence-corrected chi connectivity index (χ2v) is 3.59. The van der Waals surface area contributed by atoms with Crippen LogP contribution < -0.4 is 5.32 Å². The van der Waals surface area contributed by atoms with Gasteiger partial charge in [-0.3, -0.25) is 4.98 Å². The second kappa shape index (κ2) is 3.09. The topological polar surface area (TPSA) is 45.1 Å². The molecule has 2 unspecified atom stereocenters. The Hall–Kier alpha value is -0.930. The molecule has 1 fully saturated rings. The molecule has 1 aliphatic rings. The van der Waals surface area contributed by atoms with E-state index in [1.54, 1.807) is 12.4 Å². The first-order valence-corrected chi connectivity index (χ1v) is 4.60. The summed E-state index contributed by atoms with van der Waals surface area (Å²) in [6, 6.07) is 3.88. The summed E-state index contributed by atoms with van der Waals surface area (Å²) in [6.07, 6.45) is 4.22. The second-order valence-electron chi connectivity index (χ2n) is 3.59. The van der Waals surface area contributed by atoms with Crippen LogP contribution in [0, 0.1) is 0 Å². The van der Waals surface area contributed by atoms with Crippen LogP contribution in [0.5, 0.6) is 0 Å². The fourth-order valence-electron chi connectivity index (χ4n) is 1.90. The average Bonchev–Trinajstić information content (AvgIpc) is 2.50. The van der Waals surface area contributed by atoms with Gasteiger partial charge in [0, 0.05) is 18.4 Å². The van der Waals surface area contributed by atoms with E-state index in [1.165, 1.54) is 0 Å². The van der Waals surface area contributed by atoms with Crippen molar-refractivity contribution in [2.24, 2.45) is 0 Å². The number of aromatic nitrogens is 1.